The second-order valence-corrected chi connectivity index (χ2v) is 3.93. The molecule has 0 aliphatic rings. The number of rotatable bonds is 2. The summed E-state index contributed by atoms with van der Waals surface area (Å²) in [5.74, 6) is -0.297. The summed E-state index contributed by atoms with van der Waals surface area (Å²) < 4.78 is 4.77. The lowest BCUT2D eigenvalue weighted by Gasteiger charge is -2.08. The SMILES string of the molecule is Nc1c(NC(=O)c2ccno2)cnc2ccccc12. The first-order chi connectivity index (χ1) is 9.25. The van der Waals surface area contributed by atoms with Gasteiger partial charge in [0.2, 0.25) is 5.76 Å². The van der Waals surface area contributed by atoms with E-state index < -0.39 is 5.91 Å². The van der Waals surface area contributed by atoms with Crippen molar-refractivity contribution in [3.63, 3.8) is 0 Å². The highest BCUT2D eigenvalue weighted by Gasteiger charge is 2.13. The molecule has 0 radical (unpaired) electrons. The Bertz CT molecular complexity index is 737. The van der Waals surface area contributed by atoms with E-state index in [9.17, 15) is 4.79 Å². The van der Waals surface area contributed by atoms with Crippen molar-refractivity contribution < 1.29 is 9.32 Å². The fraction of sp³-hybridized carbons (Fsp3) is 0. The summed E-state index contributed by atoms with van der Waals surface area (Å²) in [6.45, 7) is 0. The number of nitrogen functional groups attached to an aromatic ring is 1. The standard InChI is InChI=1S/C13H10N4O2/c14-12-8-3-1-2-4-9(8)15-7-10(12)17-13(18)11-5-6-16-19-11/h1-7H,(H2,14,15)(H,17,18). The second kappa shape index (κ2) is 4.41. The monoisotopic (exact) mass is 254 g/mol. The Labute approximate surface area is 108 Å². The molecule has 19 heavy (non-hydrogen) atoms. The Hall–Kier alpha value is -2.89. The van der Waals surface area contributed by atoms with Crippen molar-refractivity contribution >= 4 is 28.2 Å². The van der Waals surface area contributed by atoms with Gasteiger partial charge in [0.05, 0.1) is 29.3 Å². The minimum Gasteiger partial charge on any atom is -0.396 e. The Morgan fingerprint density at radius 1 is 1.26 bits per heavy atom. The molecule has 0 atom stereocenters. The minimum atomic E-state index is -0.415. The van der Waals surface area contributed by atoms with E-state index in [0.717, 1.165) is 10.9 Å². The first-order valence-electron chi connectivity index (χ1n) is 5.61. The Morgan fingerprint density at radius 2 is 2.11 bits per heavy atom. The number of fused-ring (bicyclic) bond motifs is 1. The van der Waals surface area contributed by atoms with Crippen molar-refractivity contribution in [2.45, 2.75) is 0 Å². The molecule has 0 saturated heterocycles. The van der Waals surface area contributed by atoms with Crippen LogP contribution in [0, 0.1) is 0 Å². The van der Waals surface area contributed by atoms with E-state index in [2.05, 4.69) is 15.5 Å². The van der Waals surface area contributed by atoms with Gasteiger partial charge in [0.1, 0.15) is 0 Å². The summed E-state index contributed by atoms with van der Waals surface area (Å²) in [4.78, 5) is 16.1. The molecule has 2 aromatic heterocycles. The first-order valence-corrected chi connectivity index (χ1v) is 5.61. The zero-order valence-corrected chi connectivity index (χ0v) is 9.83. The molecule has 0 aliphatic heterocycles. The van der Waals surface area contributed by atoms with Gasteiger partial charge >= 0.3 is 0 Å². The van der Waals surface area contributed by atoms with E-state index in [4.69, 9.17) is 10.3 Å². The maximum absolute atomic E-state index is 11.8. The molecular formula is C13H10N4O2. The van der Waals surface area contributed by atoms with Crippen LogP contribution in [0.2, 0.25) is 0 Å². The van der Waals surface area contributed by atoms with Gasteiger partial charge in [0.15, 0.2) is 0 Å². The molecule has 0 saturated carbocycles. The lowest BCUT2D eigenvalue weighted by Crippen LogP contribution is -2.12. The van der Waals surface area contributed by atoms with Crippen LogP contribution in [0.3, 0.4) is 0 Å². The van der Waals surface area contributed by atoms with Gasteiger partial charge in [0, 0.05) is 11.5 Å². The number of nitrogens with one attached hydrogen (secondary N) is 1. The third kappa shape index (κ3) is 1.99. The van der Waals surface area contributed by atoms with E-state index in [1.54, 1.807) is 0 Å². The average molecular weight is 254 g/mol. The van der Waals surface area contributed by atoms with Crippen molar-refractivity contribution in [3.05, 3.63) is 48.5 Å². The number of carbonyl (C=O) groups excluding carboxylic acids is 1. The molecule has 6 heteroatoms. The van der Waals surface area contributed by atoms with Crippen LogP contribution in [0.15, 0.2) is 47.2 Å². The lowest BCUT2D eigenvalue weighted by atomic mass is 10.1. The fourth-order valence-corrected chi connectivity index (χ4v) is 1.78. The Morgan fingerprint density at radius 3 is 2.89 bits per heavy atom. The molecule has 3 N–H and O–H groups in total. The topological polar surface area (TPSA) is 94.0 Å². The summed E-state index contributed by atoms with van der Waals surface area (Å²) >= 11 is 0. The van der Waals surface area contributed by atoms with Gasteiger partial charge in [-0.25, -0.2) is 0 Å². The van der Waals surface area contributed by atoms with Crippen molar-refractivity contribution in [3.8, 4) is 0 Å². The number of anilines is 2. The molecule has 0 unspecified atom stereocenters. The third-order valence-corrected chi connectivity index (χ3v) is 2.73. The molecule has 1 amide bonds. The van der Waals surface area contributed by atoms with Crippen LogP contribution in [-0.4, -0.2) is 16.0 Å². The van der Waals surface area contributed by atoms with Crippen LogP contribution in [0.25, 0.3) is 10.9 Å². The smallest absolute Gasteiger partial charge is 0.294 e. The molecule has 2 heterocycles. The van der Waals surface area contributed by atoms with Crippen LogP contribution in [-0.2, 0) is 0 Å². The van der Waals surface area contributed by atoms with Gasteiger partial charge in [-0.3, -0.25) is 9.78 Å². The summed E-state index contributed by atoms with van der Waals surface area (Å²) in [5, 5.41) is 6.91. The zero-order chi connectivity index (χ0) is 13.2. The van der Waals surface area contributed by atoms with Gasteiger partial charge in [-0.1, -0.05) is 23.4 Å². The Balaban J connectivity index is 1.97. The van der Waals surface area contributed by atoms with E-state index in [1.165, 1.54) is 18.5 Å². The molecule has 6 nitrogen and oxygen atoms in total. The Kier molecular flexibility index (Phi) is 2.60. The number of pyridine rings is 1. The normalized spacial score (nSPS) is 10.5. The number of benzene rings is 1. The number of para-hydroxylation sites is 1. The molecule has 3 aromatic rings. The summed E-state index contributed by atoms with van der Waals surface area (Å²) in [6.07, 6.45) is 2.92. The summed E-state index contributed by atoms with van der Waals surface area (Å²) in [6, 6.07) is 8.92. The number of aromatic nitrogens is 2. The van der Waals surface area contributed by atoms with E-state index in [-0.39, 0.29) is 5.76 Å². The predicted molar refractivity (Wildman–Crippen MR) is 70.6 cm³/mol. The predicted octanol–water partition coefficient (Wildman–Crippen LogP) is 2.06. The number of hydrogen-bond acceptors (Lipinski definition) is 5. The van der Waals surface area contributed by atoms with Crippen LogP contribution in [0.4, 0.5) is 11.4 Å². The lowest BCUT2D eigenvalue weighted by molar-refractivity contribution is 0.0988. The van der Waals surface area contributed by atoms with Gasteiger partial charge in [-0.05, 0) is 6.07 Å². The first kappa shape index (κ1) is 11.2. The van der Waals surface area contributed by atoms with Crippen LogP contribution in [0.5, 0.6) is 0 Å². The van der Waals surface area contributed by atoms with E-state index in [1.807, 2.05) is 24.3 Å². The van der Waals surface area contributed by atoms with Crippen LogP contribution in [0.1, 0.15) is 10.6 Å². The van der Waals surface area contributed by atoms with Crippen LogP contribution < -0.4 is 11.1 Å². The number of hydrogen-bond donors (Lipinski definition) is 2. The molecule has 0 fully saturated rings. The molecule has 94 valence electrons. The van der Waals surface area contributed by atoms with Gasteiger partial charge in [-0.15, -0.1) is 0 Å². The molecule has 0 aliphatic carbocycles. The molecule has 3 rings (SSSR count). The van der Waals surface area contributed by atoms with Crippen molar-refractivity contribution in [2.24, 2.45) is 0 Å². The minimum absolute atomic E-state index is 0.118. The van der Waals surface area contributed by atoms with Crippen molar-refractivity contribution in [2.75, 3.05) is 11.1 Å². The van der Waals surface area contributed by atoms with Gasteiger partial charge < -0.3 is 15.6 Å². The summed E-state index contributed by atoms with van der Waals surface area (Å²) in [7, 11) is 0. The number of nitrogens with two attached hydrogens (primary N) is 1. The van der Waals surface area contributed by atoms with Gasteiger partial charge in [-0.2, -0.15) is 0 Å². The van der Waals surface area contributed by atoms with E-state index in [0.29, 0.717) is 11.4 Å². The van der Waals surface area contributed by atoms with Crippen molar-refractivity contribution in [1.82, 2.24) is 10.1 Å². The molecule has 1 aromatic carbocycles. The molecular weight excluding hydrogens is 244 g/mol. The highest BCUT2D eigenvalue weighted by Crippen LogP contribution is 2.26. The second-order valence-electron chi connectivity index (χ2n) is 3.93. The zero-order valence-electron chi connectivity index (χ0n) is 9.83. The maximum atomic E-state index is 11.8. The molecule has 0 spiro atoms. The number of nitrogens with zero attached hydrogens (tertiary/aromatic N) is 2. The van der Waals surface area contributed by atoms with E-state index >= 15 is 0 Å². The maximum Gasteiger partial charge on any atom is 0.294 e. The average Bonchev–Trinajstić information content (AvgIpc) is 2.96. The third-order valence-electron chi connectivity index (χ3n) is 2.73. The largest absolute Gasteiger partial charge is 0.396 e. The number of amides is 1. The highest BCUT2D eigenvalue weighted by molar-refractivity contribution is 6.07. The van der Waals surface area contributed by atoms with Crippen LogP contribution >= 0.6 is 0 Å². The van der Waals surface area contributed by atoms with Gasteiger partial charge in [0.25, 0.3) is 5.91 Å². The fourth-order valence-electron chi connectivity index (χ4n) is 1.78. The van der Waals surface area contributed by atoms with Crippen molar-refractivity contribution in [1.29, 1.82) is 0 Å². The summed E-state index contributed by atoms with van der Waals surface area (Å²) in [5.41, 5.74) is 7.71. The highest BCUT2D eigenvalue weighted by atomic mass is 16.5. The quantitative estimate of drug-likeness (QED) is 0.730. The number of carbonyl (C=O) groups is 1. The molecule has 0 bridgehead atoms.